The molecule has 2 fully saturated rings. The quantitative estimate of drug-likeness (QED) is 0.835. The van der Waals surface area contributed by atoms with E-state index in [1.807, 2.05) is 0 Å². The van der Waals surface area contributed by atoms with Gasteiger partial charge in [-0.25, -0.2) is 0 Å². The van der Waals surface area contributed by atoms with Gasteiger partial charge in [0.2, 0.25) is 0 Å². The van der Waals surface area contributed by atoms with E-state index < -0.39 is 0 Å². The second kappa shape index (κ2) is 7.26. The molecule has 0 aromatic carbocycles. The van der Waals surface area contributed by atoms with Gasteiger partial charge in [-0.1, -0.05) is 32.6 Å². The summed E-state index contributed by atoms with van der Waals surface area (Å²) in [5.41, 5.74) is 0.292. The molecule has 1 saturated carbocycles. The van der Waals surface area contributed by atoms with Crippen molar-refractivity contribution in [3.63, 3.8) is 0 Å². The normalized spacial score (nSPS) is 31.8. The molecular weight excluding hydrogens is 244 g/mol. The molecule has 0 spiro atoms. The van der Waals surface area contributed by atoms with Crippen LogP contribution in [0.15, 0.2) is 0 Å². The summed E-state index contributed by atoms with van der Waals surface area (Å²) >= 11 is 0. The third-order valence-corrected chi connectivity index (χ3v) is 5.94. The van der Waals surface area contributed by atoms with E-state index in [1.165, 1.54) is 64.5 Å². The van der Waals surface area contributed by atoms with Crippen molar-refractivity contribution in [2.45, 2.75) is 83.7 Å². The van der Waals surface area contributed by atoms with Gasteiger partial charge in [0.1, 0.15) is 0 Å². The van der Waals surface area contributed by atoms with Crippen molar-refractivity contribution in [2.24, 2.45) is 11.8 Å². The van der Waals surface area contributed by atoms with Crippen molar-refractivity contribution in [2.75, 3.05) is 20.1 Å². The van der Waals surface area contributed by atoms with Crippen LogP contribution < -0.4 is 5.32 Å². The van der Waals surface area contributed by atoms with E-state index in [1.54, 1.807) is 0 Å². The number of nitrogens with zero attached hydrogens (tertiary/aromatic N) is 1. The Morgan fingerprint density at radius 3 is 2.20 bits per heavy atom. The second-order valence-electron chi connectivity index (χ2n) is 7.85. The van der Waals surface area contributed by atoms with Gasteiger partial charge in [-0.05, 0) is 71.5 Å². The molecule has 1 aliphatic carbocycles. The Bertz CT molecular complexity index is 279. The highest BCUT2D eigenvalue weighted by Gasteiger charge is 2.40. The Hall–Kier alpha value is -0.0800. The highest BCUT2D eigenvalue weighted by Crippen LogP contribution is 2.36. The first-order valence-corrected chi connectivity index (χ1v) is 8.98. The van der Waals surface area contributed by atoms with Crippen LogP contribution in [0.4, 0.5) is 0 Å². The van der Waals surface area contributed by atoms with E-state index in [2.05, 4.69) is 38.0 Å². The summed E-state index contributed by atoms with van der Waals surface area (Å²) in [5, 5.41) is 3.71. The largest absolute Gasteiger partial charge is 0.315 e. The fraction of sp³-hybridized carbons (Fsp3) is 1.00. The molecule has 118 valence electrons. The van der Waals surface area contributed by atoms with Gasteiger partial charge >= 0.3 is 0 Å². The van der Waals surface area contributed by atoms with Gasteiger partial charge in [0.25, 0.3) is 0 Å². The lowest BCUT2D eigenvalue weighted by atomic mass is 9.72. The highest BCUT2D eigenvalue weighted by atomic mass is 15.2. The molecule has 1 N–H and O–H groups in total. The Balaban J connectivity index is 2.06. The van der Waals surface area contributed by atoms with Gasteiger partial charge < -0.3 is 5.32 Å². The fourth-order valence-electron chi connectivity index (χ4n) is 4.79. The van der Waals surface area contributed by atoms with E-state index in [-0.39, 0.29) is 0 Å². The molecule has 2 nitrogen and oxygen atoms in total. The molecule has 3 unspecified atom stereocenters. The van der Waals surface area contributed by atoms with Crippen LogP contribution in [0.1, 0.15) is 72.1 Å². The van der Waals surface area contributed by atoms with Crippen LogP contribution in [-0.4, -0.2) is 36.6 Å². The fourth-order valence-corrected chi connectivity index (χ4v) is 4.79. The van der Waals surface area contributed by atoms with Crippen molar-refractivity contribution < 1.29 is 0 Å². The number of hydrogen-bond donors (Lipinski definition) is 1. The van der Waals surface area contributed by atoms with Crippen LogP contribution in [0.2, 0.25) is 0 Å². The van der Waals surface area contributed by atoms with Crippen molar-refractivity contribution in [1.29, 1.82) is 0 Å². The smallest absolute Gasteiger partial charge is 0.0308 e. The van der Waals surface area contributed by atoms with Gasteiger partial charge in [0, 0.05) is 11.6 Å². The third kappa shape index (κ3) is 3.76. The SMILES string of the molecule is CNC(C1CCCC(C)C1)C(C)(C)N1CCCCCC1. The summed E-state index contributed by atoms with van der Waals surface area (Å²) in [6, 6.07) is 0.642. The van der Waals surface area contributed by atoms with Gasteiger partial charge in [0.15, 0.2) is 0 Å². The maximum Gasteiger partial charge on any atom is 0.0308 e. The molecule has 2 rings (SSSR count). The molecule has 1 aliphatic heterocycles. The standard InChI is InChI=1S/C18H36N2/c1-15-10-9-11-16(14-15)17(19-4)18(2,3)20-12-7-5-6-8-13-20/h15-17,19H,5-14H2,1-4H3. The van der Waals surface area contributed by atoms with Crippen LogP contribution >= 0.6 is 0 Å². The van der Waals surface area contributed by atoms with Gasteiger partial charge in [0.05, 0.1) is 0 Å². The minimum atomic E-state index is 0.292. The number of rotatable bonds is 4. The molecule has 0 aromatic heterocycles. The maximum atomic E-state index is 3.71. The first-order chi connectivity index (χ1) is 9.55. The minimum Gasteiger partial charge on any atom is -0.315 e. The lowest BCUT2D eigenvalue weighted by molar-refractivity contribution is 0.0465. The van der Waals surface area contributed by atoms with Crippen molar-refractivity contribution in [1.82, 2.24) is 10.2 Å². The molecule has 0 radical (unpaired) electrons. The Morgan fingerprint density at radius 1 is 1.00 bits per heavy atom. The minimum absolute atomic E-state index is 0.292. The average molecular weight is 280 g/mol. The lowest BCUT2D eigenvalue weighted by Crippen LogP contribution is -2.60. The summed E-state index contributed by atoms with van der Waals surface area (Å²) in [4.78, 5) is 2.78. The topological polar surface area (TPSA) is 15.3 Å². The number of nitrogens with one attached hydrogen (secondary N) is 1. The summed E-state index contributed by atoms with van der Waals surface area (Å²) in [6.45, 7) is 10.0. The van der Waals surface area contributed by atoms with E-state index in [0.717, 1.165) is 11.8 Å². The molecule has 3 atom stereocenters. The molecule has 1 saturated heterocycles. The van der Waals surface area contributed by atoms with Gasteiger partial charge in [-0.2, -0.15) is 0 Å². The molecule has 2 aliphatic rings. The van der Waals surface area contributed by atoms with E-state index in [0.29, 0.717) is 11.6 Å². The van der Waals surface area contributed by atoms with Crippen LogP contribution in [0.5, 0.6) is 0 Å². The third-order valence-electron chi connectivity index (χ3n) is 5.94. The zero-order chi connectivity index (χ0) is 14.6. The monoisotopic (exact) mass is 280 g/mol. The Kier molecular flexibility index (Phi) is 5.92. The van der Waals surface area contributed by atoms with E-state index in [9.17, 15) is 0 Å². The van der Waals surface area contributed by atoms with E-state index in [4.69, 9.17) is 0 Å². The van der Waals surface area contributed by atoms with Crippen molar-refractivity contribution >= 4 is 0 Å². The van der Waals surface area contributed by atoms with Crippen molar-refractivity contribution in [3.05, 3.63) is 0 Å². The summed E-state index contributed by atoms with van der Waals surface area (Å²) < 4.78 is 0. The molecular formula is C18H36N2. The zero-order valence-electron chi connectivity index (χ0n) is 14.3. The lowest BCUT2D eigenvalue weighted by Gasteiger charge is -2.48. The predicted molar refractivity (Wildman–Crippen MR) is 88.1 cm³/mol. The van der Waals surface area contributed by atoms with Crippen LogP contribution in [0.25, 0.3) is 0 Å². The molecule has 0 aromatic rings. The van der Waals surface area contributed by atoms with Crippen LogP contribution in [0.3, 0.4) is 0 Å². The van der Waals surface area contributed by atoms with Crippen molar-refractivity contribution in [3.8, 4) is 0 Å². The second-order valence-corrected chi connectivity index (χ2v) is 7.85. The van der Waals surface area contributed by atoms with E-state index >= 15 is 0 Å². The summed E-state index contributed by atoms with van der Waals surface area (Å²) in [5.74, 6) is 1.78. The molecule has 20 heavy (non-hydrogen) atoms. The highest BCUT2D eigenvalue weighted by molar-refractivity contribution is 4.98. The number of likely N-dealkylation sites (tertiary alicyclic amines) is 1. The first kappa shape index (κ1) is 16.3. The van der Waals surface area contributed by atoms with Crippen LogP contribution in [0, 0.1) is 11.8 Å². The number of likely N-dealkylation sites (N-methyl/N-ethyl adjacent to an activating group) is 1. The zero-order valence-corrected chi connectivity index (χ0v) is 14.3. The van der Waals surface area contributed by atoms with Gasteiger partial charge in [-0.15, -0.1) is 0 Å². The molecule has 0 bridgehead atoms. The predicted octanol–water partition coefficient (Wildman–Crippen LogP) is 4.06. The first-order valence-electron chi connectivity index (χ1n) is 8.98. The van der Waals surface area contributed by atoms with Gasteiger partial charge in [-0.3, -0.25) is 4.90 Å². The molecule has 0 amide bonds. The van der Waals surface area contributed by atoms with Crippen LogP contribution in [-0.2, 0) is 0 Å². The molecule has 2 heteroatoms. The molecule has 1 heterocycles. The average Bonchev–Trinajstić information content (AvgIpc) is 2.68. The number of hydrogen-bond acceptors (Lipinski definition) is 2. The summed E-state index contributed by atoms with van der Waals surface area (Å²) in [6.07, 6.45) is 11.4. The Labute approximate surface area is 126 Å². The Morgan fingerprint density at radius 2 is 1.65 bits per heavy atom. The maximum absolute atomic E-state index is 3.71. The summed E-state index contributed by atoms with van der Waals surface area (Å²) in [7, 11) is 2.18.